The van der Waals surface area contributed by atoms with Gasteiger partial charge in [-0.25, -0.2) is 0 Å². The highest BCUT2D eigenvalue weighted by Crippen LogP contribution is 2.39. The third-order valence-electron chi connectivity index (χ3n) is 4.19. The van der Waals surface area contributed by atoms with Crippen LogP contribution in [0.15, 0.2) is 22.6 Å². The van der Waals surface area contributed by atoms with E-state index in [0.29, 0.717) is 0 Å². The lowest BCUT2D eigenvalue weighted by atomic mass is 9.89. The minimum Gasteiger partial charge on any atom is -0.466 e. The predicted octanol–water partition coefficient (Wildman–Crippen LogP) is 6.07. The third-order valence-corrected chi connectivity index (χ3v) is 5.14. The van der Waals surface area contributed by atoms with E-state index >= 15 is 0 Å². The smallest absolute Gasteiger partial charge is 0.105 e. The first-order valence-electron chi connectivity index (χ1n) is 7.87. The fraction of sp³-hybridized carbons (Fsp3) is 0.474. The van der Waals surface area contributed by atoms with Gasteiger partial charge in [-0.05, 0) is 61.4 Å². The molecule has 1 unspecified atom stereocenters. The zero-order valence-electron chi connectivity index (χ0n) is 13.7. The molecular formula is C19H25BrO. The zero-order chi connectivity index (χ0) is 15.6. The maximum Gasteiger partial charge on any atom is 0.105 e. The normalized spacial score (nSPS) is 12.7. The summed E-state index contributed by atoms with van der Waals surface area (Å²) in [5.74, 6) is 1.99. The van der Waals surface area contributed by atoms with Crippen LogP contribution in [0.1, 0.15) is 64.9 Å². The average molecular weight is 349 g/mol. The Kier molecular flexibility index (Phi) is 5.32. The molecule has 1 nitrogen and oxygen atoms in total. The number of hydrogen-bond donors (Lipinski definition) is 0. The van der Waals surface area contributed by atoms with Gasteiger partial charge in [0, 0.05) is 5.56 Å². The molecule has 21 heavy (non-hydrogen) atoms. The van der Waals surface area contributed by atoms with Gasteiger partial charge in [0.2, 0.25) is 0 Å². The molecule has 0 saturated carbocycles. The molecule has 114 valence electrons. The van der Waals surface area contributed by atoms with Crippen molar-refractivity contribution in [1.82, 2.24) is 0 Å². The maximum atomic E-state index is 5.72. The molecule has 0 bridgehead atoms. The summed E-state index contributed by atoms with van der Waals surface area (Å²) in [6.45, 7) is 10.8. The van der Waals surface area contributed by atoms with E-state index in [0.717, 1.165) is 30.8 Å². The van der Waals surface area contributed by atoms with Gasteiger partial charge in [0.25, 0.3) is 0 Å². The Morgan fingerprint density at radius 3 is 1.90 bits per heavy atom. The van der Waals surface area contributed by atoms with Crippen molar-refractivity contribution in [3.63, 3.8) is 0 Å². The van der Waals surface area contributed by atoms with E-state index in [1.54, 1.807) is 0 Å². The number of halogens is 1. The van der Waals surface area contributed by atoms with Gasteiger partial charge in [0.1, 0.15) is 11.5 Å². The van der Waals surface area contributed by atoms with Crippen LogP contribution in [-0.2, 0) is 19.3 Å². The van der Waals surface area contributed by atoms with Gasteiger partial charge in [0.15, 0.2) is 0 Å². The molecule has 1 atom stereocenters. The first-order chi connectivity index (χ1) is 10.0. The standard InChI is InChI=1S/C19H25BrO/c1-6-14-10-15(7-2)18(16(8-3)11-14)19(20)17-9-12(4)21-13(17)5/h9-11,19H,6-8H2,1-5H3. The molecule has 0 amide bonds. The number of hydrogen-bond acceptors (Lipinski definition) is 1. The van der Waals surface area contributed by atoms with Crippen LogP contribution in [0.4, 0.5) is 0 Å². The van der Waals surface area contributed by atoms with Crippen molar-refractivity contribution in [2.45, 2.75) is 58.7 Å². The molecule has 2 aromatic rings. The van der Waals surface area contributed by atoms with Crippen LogP contribution >= 0.6 is 15.9 Å². The zero-order valence-corrected chi connectivity index (χ0v) is 15.3. The molecule has 0 aliphatic rings. The lowest BCUT2D eigenvalue weighted by Gasteiger charge is -2.20. The molecular weight excluding hydrogens is 324 g/mol. The van der Waals surface area contributed by atoms with Crippen molar-refractivity contribution in [3.05, 3.63) is 57.5 Å². The van der Waals surface area contributed by atoms with Crippen molar-refractivity contribution >= 4 is 15.9 Å². The summed E-state index contributed by atoms with van der Waals surface area (Å²) in [5.41, 5.74) is 7.02. The molecule has 0 aliphatic heterocycles. The number of benzene rings is 1. The van der Waals surface area contributed by atoms with Crippen molar-refractivity contribution in [2.75, 3.05) is 0 Å². The summed E-state index contributed by atoms with van der Waals surface area (Å²) in [4.78, 5) is 0.214. The summed E-state index contributed by atoms with van der Waals surface area (Å²) < 4.78 is 5.72. The summed E-state index contributed by atoms with van der Waals surface area (Å²) in [6, 6.07) is 6.89. The molecule has 2 heteroatoms. The van der Waals surface area contributed by atoms with E-state index < -0.39 is 0 Å². The van der Waals surface area contributed by atoms with Crippen LogP contribution < -0.4 is 0 Å². The van der Waals surface area contributed by atoms with Crippen LogP contribution in [0.25, 0.3) is 0 Å². The predicted molar refractivity (Wildman–Crippen MR) is 93.5 cm³/mol. The highest BCUT2D eigenvalue weighted by molar-refractivity contribution is 9.09. The Hall–Kier alpha value is -1.02. The van der Waals surface area contributed by atoms with Crippen molar-refractivity contribution in [3.8, 4) is 0 Å². The average Bonchev–Trinajstić information content (AvgIpc) is 2.83. The highest BCUT2D eigenvalue weighted by Gasteiger charge is 2.21. The van der Waals surface area contributed by atoms with Crippen molar-refractivity contribution < 1.29 is 4.42 Å². The summed E-state index contributed by atoms with van der Waals surface area (Å²) in [6.07, 6.45) is 3.22. The summed E-state index contributed by atoms with van der Waals surface area (Å²) >= 11 is 3.93. The monoisotopic (exact) mass is 348 g/mol. The van der Waals surface area contributed by atoms with E-state index in [1.165, 1.54) is 27.8 Å². The highest BCUT2D eigenvalue weighted by atomic mass is 79.9. The Bertz CT molecular complexity index is 599. The van der Waals surface area contributed by atoms with Gasteiger partial charge in [-0.3, -0.25) is 0 Å². The minimum absolute atomic E-state index is 0.214. The summed E-state index contributed by atoms with van der Waals surface area (Å²) in [7, 11) is 0. The van der Waals surface area contributed by atoms with E-state index in [9.17, 15) is 0 Å². The molecule has 0 fully saturated rings. The summed E-state index contributed by atoms with van der Waals surface area (Å²) in [5, 5.41) is 0. The minimum atomic E-state index is 0.214. The Morgan fingerprint density at radius 2 is 1.52 bits per heavy atom. The first kappa shape index (κ1) is 16.4. The lowest BCUT2D eigenvalue weighted by Crippen LogP contribution is -2.05. The van der Waals surface area contributed by atoms with E-state index in [2.05, 4.69) is 54.9 Å². The van der Waals surface area contributed by atoms with Crippen molar-refractivity contribution in [2.24, 2.45) is 0 Å². The fourth-order valence-electron chi connectivity index (χ4n) is 3.02. The third kappa shape index (κ3) is 3.26. The van der Waals surface area contributed by atoms with Gasteiger partial charge in [-0.2, -0.15) is 0 Å². The number of aryl methyl sites for hydroxylation is 5. The second kappa shape index (κ2) is 6.83. The van der Waals surface area contributed by atoms with Crippen LogP contribution in [0.3, 0.4) is 0 Å². The quantitative estimate of drug-likeness (QED) is 0.597. The maximum absolute atomic E-state index is 5.72. The molecule has 1 heterocycles. The molecule has 2 rings (SSSR count). The molecule has 0 radical (unpaired) electrons. The number of rotatable bonds is 5. The van der Waals surface area contributed by atoms with Crippen molar-refractivity contribution in [1.29, 1.82) is 0 Å². The van der Waals surface area contributed by atoms with Gasteiger partial charge in [-0.15, -0.1) is 0 Å². The second-order valence-corrected chi connectivity index (χ2v) is 6.54. The van der Waals surface area contributed by atoms with Gasteiger partial charge in [-0.1, -0.05) is 48.8 Å². The molecule has 0 saturated heterocycles. The molecule has 0 spiro atoms. The lowest BCUT2D eigenvalue weighted by molar-refractivity contribution is 0.502. The SMILES string of the molecule is CCc1cc(CC)c(C(Br)c2cc(C)oc2C)c(CC)c1. The Morgan fingerprint density at radius 1 is 0.952 bits per heavy atom. The Labute approximate surface area is 136 Å². The van der Waals surface area contributed by atoms with Crippen LogP contribution in [-0.4, -0.2) is 0 Å². The van der Waals surface area contributed by atoms with Crippen LogP contribution in [0.2, 0.25) is 0 Å². The van der Waals surface area contributed by atoms with Crippen LogP contribution in [0.5, 0.6) is 0 Å². The largest absolute Gasteiger partial charge is 0.466 e. The number of furan rings is 1. The van der Waals surface area contributed by atoms with Crippen LogP contribution in [0, 0.1) is 13.8 Å². The van der Waals surface area contributed by atoms with E-state index in [4.69, 9.17) is 4.42 Å². The molecule has 0 aliphatic carbocycles. The van der Waals surface area contributed by atoms with Gasteiger partial charge in [0.05, 0.1) is 4.83 Å². The van der Waals surface area contributed by atoms with Gasteiger partial charge >= 0.3 is 0 Å². The van der Waals surface area contributed by atoms with E-state index in [-0.39, 0.29) is 4.83 Å². The van der Waals surface area contributed by atoms with Gasteiger partial charge < -0.3 is 4.42 Å². The first-order valence-corrected chi connectivity index (χ1v) is 8.78. The second-order valence-electron chi connectivity index (χ2n) is 5.62. The topological polar surface area (TPSA) is 13.1 Å². The molecule has 0 N–H and O–H groups in total. The molecule has 1 aromatic carbocycles. The fourth-order valence-corrected chi connectivity index (χ4v) is 4.07. The number of alkyl halides is 1. The Balaban J connectivity index is 2.58. The molecule has 1 aromatic heterocycles. The van der Waals surface area contributed by atoms with E-state index in [1.807, 2.05) is 13.8 Å².